The maximum absolute atomic E-state index is 12.0. The minimum Gasteiger partial charge on any atom is -0.315 e. The Balaban J connectivity index is 2.05. The molecular formula is C11H15N3O2S. The Labute approximate surface area is 104 Å². The number of ketones is 1. The van der Waals surface area contributed by atoms with E-state index in [1.165, 1.54) is 11.3 Å². The summed E-state index contributed by atoms with van der Waals surface area (Å²) in [6, 6.07) is -0.110. The van der Waals surface area contributed by atoms with E-state index >= 15 is 0 Å². The van der Waals surface area contributed by atoms with Crippen LogP contribution in [-0.2, 0) is 4.79 Å². The Morgan fingerprint density at radius 1 is 1.53 bits per heavy atom. The standard InChI is InChI=1S/C11H15N3O2S/c1-3-9(15)6-13-4-5-14(11(13)16)10-12-8(2)7-17-10/h7H,3-6H2,1-2H3. The third kappa shape index (κ3) is 2.46. The van der Waals surface area contributed by atoms with Gasteiger partial charge in [-0.1, -0.05) is 6.92 Å². The maximum atomic E-state index is 12.0. The molecule has 2 rings (SSSR count). The number of hydrogen-bond donors (Lipinski definition) is 0. The number of amides is 2. The summed E-state index contributed by atoms with van der Waals surface area (Å²) in [5.74, 6) is 0.0931. The zero-order chi connectivity index (χ0) is 12.4. The highest BCUT2D eigenvalue weighted by Gasteiger charge is 2.31. The number of rotatable bonds is 4. The van der Waals surface area contributed by atoms with Gasteiger partial charge in [0.05, 0.1) is 12.2 Å². The topological polar surface area (TPSA) is 53.5 Å². The van der Waals surface area contributed by atoms with Gasteiger partial charge in [-0.2, -0.15) is 0 Å². The molecule has 5 nitrogen and oxygen atoms in total. The number of aryl methyl sites for hydroxylation is 1. The SMILES string of the molecule is CCC(=O)CN1CCN(c2nc(C)cs2)C1=O. The van der Waals surface area contributed by atoms with Crippen molar-refractivity contribution in [3.8, 4) is 0 Å². The fraction of sp³-hybridized carbons (Fsp3) is 0.545. The minimum absolute atomic E-state index is 0.0931. The molecule has 17 heavy (non-hydrogen) atoms. The van der Waals surface area contributed by atoms with Crippen molar-refractivity contribution in [3.05, 3.63) is 11.1 Å². The van der Waals surface area contributed by atoms with Gasteiger partial charge in [0.2, 0.25) is 0 Å². The van der Waals surface area contributed by atoms with Crippen LogP contribution in [0.15, 0.2) is 5.38 Å². The molecule has 0 spiro atoms. The quantitative estimate of drug-likeness (QED) is 0.820. The predicted molar refractivity (Wildman–Crippen MR) is 66.5 cm³/mol. The van der Waals surface area contributed by atoms with Crippen LogP contribution in [0.2, 0.25) is 0 Å². The highest BCUT2D eigenvalue weighted by molar-refractivity contribution is 7.14. The molecule has 1 aliphatic heterocycles. The fourth-order valence-corrected chi connectivity index (χ4v) is 2.52. The molecule has 1 fully saturated rings. The second-order valence-corrected chi connectivity index (χ2v) is 4.86. The number of nitrogens with zero attached hydrogens (tertiary/aromatic N) is 3. The molecule has 0 aliphatic carbocycles. The van der Waals surface area contributed by atoms with Crippen LogP contribution in [0.1, 0.15) is 19.0 Å². The highest BCUT2D eigenvalue weighted by atomic mass is 32.1. The largest absolute Gasteiger partial charge is 0.326 e. The number of hydrogen-bond acceptors (Lipinski definition) is 4. The van der Waals surface area contributed by atoms with Crippen molar-refractivity contribution in [1.82, 2.24) is 9.88 Å². The van der Waals surface area contributed by atoms with Crippen molar-refractivity contribution in [2.24, 2.45) is 0 Å². The van der Waals surface area contributed by atoms with E-state index in [0.717, 1.165) is 10.8 Å². The third-order valence-corrected chi connectivity index (χ3v) is 3.68. The van der Waals surface area contributed by atoms with Crippen LogP contribution in [0, 0.1) is 6.92 Å². The average Bonchev–Trinajstić information content (AvgIpc) is 2.87. The number of thiazole rings is 1. The predicted octanol–water partition coefficient (Wildman–Crippen LogP) is 1.67. The van der Waals surface area contributed by atoms with E-state index < -0.39 is 0 Å². The summed E-state index contributed by atoms with van der Waals surface area (Å²) in [5, 5.41) is 2.64. The van der Waals surface area contributed by atoms with Gasteiger partial charge in [-0.25, -0.2) is 9.78 Å². The van der Waals surface area contributed by atoms with Crippen LogP contribution in [0.3, 0.4) is 0 Å². The van der Waals surface area contributed by atoms with Gasteiger partial charge in [0.25, 0.3) is 0 Å². The first-order chi connectivity index (χ1) is 8.11. The number of anilines is 1. The van der Waals surface area contributed by atoms with Crippen LogP contribution in [0.5, 0.6) is 0 Å². The van der Waals surface area contributed by atoms with E-state index in [1.54, 1.807) is 9.80 Å². The molecule has 92 valence electrons. The van der Waals surface area contributed by atoms with Gasteiger partial charge in [-0.3, -0.25) is 9.69 Å². The van der Waals surface area contributed by atoms with Crippen LogP contribution in [0.4, 0.5) is 9.93 Å². The van der Waals surface area contributed by atoms with Gasteiger partial charge in [-0.15, -0.1) is 11.3 Å². The molecule has 0 saturated carbocycles. The summed E-state index contributed by atoms with van der Waals surface area (Å²) in [5.41, 5.74) is 0.917. The zero-order valence-electron chi connectivity index (χ0n) is 9.97. The van der Waals surface area contributed by atoms with E-state index in [0.29, 0.717) is 19.5 Å². The lowest BCUT2D eigenvalue weighted by Gasteiger charge is -2.15. The molecule has 1 aromatic rings. The van der Waals surface area contributed by atoms with E-state index in [9.17, 15) is 9.59 Å². The van der Waals surface area contributed by atoms with Crippen molar-refractivity contribution < 1.29 is 9.59 Å². The number of aromatic nitrogens is 1. The van der Waals surface area contributed by atoms with Gasteiger partial charge >= 0.3 is 6.03 Å². The molecule has 0 atom stereocenters. The van der Waals surface area contributed by atoms with Crippen molar-refractivity contribution >= 4 is 28.3 Å². The minimum atomic E-state index is -0.110. The van der Waals surface area contributed by atoms with Crippen molar-refractivity contribution in [2.45, 2.75) is 20.3 Å². The Kier molecular flexibility index (Phi) is 3.42. The fourth-order valence-electron chi connectivity index (χ4n) is 1.70. The van der Waals surface area contributed by atoms with E-state index in [1.807, 2.05) is 19.2 Å². The summed E-state index contributed by atoms with van der Waals surface area (Å²) >= 11 is 1.46. The molecule has 1 saturated heterocycles. The smallest absolute Gasteiger partial charge is 0.315 e. The Morgan fingerprint density at radius 3 is 2.88 bits per heavy atom. The Morgan fingerprint density at radius 2 is 2.29 bits per heavy atom. The summed E-state index contributed by atoms with van der Waals surface area (Å²) in [4.78, 5) is 30.9. The molecule has 0 N–H and O–H groups in total. The summed E-state index contributed by atoms with van der Waals surface area (Å²) in [6.07, 6.45) is 0.472. The van der Waals surface area contributed by atoms with Gasteiger partial charge in [0.15, 0.2) is 10.9 Å². The molecule has 0 bridgehead atoms. The first-order valence-corrected chi connectivity index (χ1v) is 6.50. The van der Waals surface area contributed by atoms with Crippen molar-refractivity contribution in [1.29, 1.82) is 0 Å². The van der Waals surface area contributed by atoms with Crippen molar-refractivity contribution in [3.63, 3.8) is 0 Å². The molecule has 2 amide bonds. The molecular weight excluding hydrogens is 238 g/mol. The lowest BCUT2D eigenvalue weighted by atomic mass is 10.3. The lowest BCUT2D eigenvalue weighted by molar-refractivity contribution is -0.119. The first-order valence-electron chi connectivity index (χ1n) is 5.62. The number of carbonyl (C=O) groups is 2. The van der Waals surface area contributed by atoms with Gasteiger partial charge in [0.1, 0.15) is 0 Å². The first kappa shape index (κ1) is 12.0. The summed E-state index contributed by atoms with van der Waals surface area (Å²) < 4.78 is 0. The van der Waals surface area contributed by atoms with Gasteiger partial charge in [-0.05, 0) is 6.92 Å². The molecule has 6 heteroatoms. The van der Waals surface area contributed by atoms with Crippen molar-refractivity contribution in [2.75, 3.05) is 24.5 Å². The van der Waals surface area contributed by atoms with E-state index in [-0.39, 0.29) is 18.4 Å². The highest BCUT2D eigenvalue weighted by Crippen LogP contribution is 2.24. The average molecular weight is 253 g/mol. The number of urea groups is 1. The summed E-state index contributed by atoms with van der Waals surface area (Å²) in [7, 11) is 0. The molecule has 1 aliphatic rings. The number of carbonyl (C=O) groups excluding carboxylic acids is 2. The number of Topliss-reactive ketones (excluding diaryl/α,β-unsaturated/α-hetero) is 1. The molecule has 0 radical (unpaired) electrons. The van der Waals surface area contributed by atoms with Crippen LogP contribution >= 0.6 is 11.3 Å². The third-order valence-electron chi connectivity index (χ3n) is 2.69. The van der Waals surface area contributed by atoms with E-state index in [2.05, 4.69) is 4.98 Å². The summed E-state index contributed by atoms with van der Waals surface area (Å²) in [6.45, 7) is 5.14. The zero-order valence-corrected chi connectivity index (χ0v) is 10.8. The Bertz CT molecular complexity index is 444. The van der Waals surface area contributed by atoms with Crippen LogP contribution in [-0.4, -0.2) is 41.3 Å². The van der Waals surface area contributed by atoms with E-state index in [4.69, 9.17) is 0 Å². The maximum Gasteiger partial charge on any atom is 0.326 e. The lowest BCUT2D eigenvalue weighted by Crippen LogP contribution is -2.35. The normalized spacial score (nSPS) is 15.8. The second kappa shape index (κ2) is 4.83. The van der Waals surface area contributed by atoms with Crippen LogP contribution in [0.25, 0.3) is 0 Å². The molecule has 1 aromatic heterocycles. The molecule has 0 aromatic carbocycles. The Hall–Kier alpha value is -1.43. The second-order valence-electron chi connectivity index (χ2n) is 4.02. The van der Waals surface area contributed by atoms with Crippen LogP contribution < -0.4 is 4.90 Å². The molecule has 0 unspecified atom stereocenters. The van der Waals surface area contributed by atoms with Gasteiger partial charge < -0.3 is 4.90 Å². The molecule has 2 heterocycles. The monoisotopic (exact) mass is 253 g/mol. The van der Waals surface area contributed by atoms with Gasteiger partial charge in [0, 0.05) is 24.9 Å².